The van der Waals surface area contributed by atoms with Gasteiger partial charge in [0.25, 0.3) is 0 Å². The Morgan fingerprint density at radius 3 is 2.17 bits per heavy atom. The van der Waals surface area contributed by atoms with Crippen LogP contribution in [0.25, 0.3) is 0 Å². The Morgan fingerprint density at radius 2 is 1.83 bits per heavy atom. The van der Waals surface area contributed by atoms with Crippen molar-refractivity contribution in [3.63, 3.8) is 0 Å². The first-order valence-electron chi connectivity index (χ1n) is 3.54. The van der Waals surface area contributed by atoms with Gasteiger partial charge in [0.05, 0.1) is 0 Å². The molecule has 0 aromatic heterocycles. The highest BCUT2D eigenvalue weighted by Crippen LogP contribution is 2.19. The topological polar surface area (TPSA) is 38.0 Å². The normalized spacial score (nSPS) is 10.0. The summed E-state index contributed by atoms with van der Waals surface area (Å²) in [6.45, 7) is 0.137. The largest absolute Gasteiger partial charge is 0.383 e. The van der Waals surface area contributed by atoms with Gasteiger partial charge in [0, 0.05) is 13.6 Å². The van der Waals surface area contributed by atoms with E-state index in [1.54, 1.807) is 0 Å². The van der Waals surface area contributed by atoms with Crippen molar-refractivity contribution in [3.05, 3.63) is 29.3 Å². The molecule has 0 aliphatic rings. The summed E-state index contributed by atoms with van der Waals surface area (Å²) in [6, 6.07) is 2.43. The molecule has 3 N–H and O–H groups in total. The number of halogens is 2. The van der Waals surface area contributed by atoms with E-state index in [-0.39, 0.29) is 12.2 Å². The van der Waals surface area contributed by atoms with Crippen LogP contribution in [0.2, 0.25) is 0 Å². The average molecular weight is 172 g/mol. The van der Waals surface area contributed by atoms with Gasteiger partial charge in [0.1, 0.15) is 17.3 Å². The number of hydrogen-bond acceptors (Lipinski definition) is 2. The lowest BCUT2D eigenvalue weighted by molar-refractivity contribution is 0.586. The molecule has 0 spiro atoms. The molecule has 0 unspecified atom stereocenters. The zero-order chi connectivity index (χ0) is 9.14. The fourth-order valence-corrected chi connectivity index (χ4v) is 0.982. The van der Waals surface area contributed by atoms with Crippen LogP contribution in [-0.4, -0.2) is 7.05 Å². The SMILES string of the molecule is CNc1c(F)cc(CN)cc1F. The van der Waals surface area contributed by atoms with Crippen LogP contribution in [-0.2, 0) is 6.54 Å². The Morgan fingerprint density at radius 1 is 1.33 bits per heavy atom. The molecule has 0 atom stereocenters. The van der Waals surface area contributed by atoms with E-state index >= 15 is 0 Å². The smallest absolute Gasteiger partial charge is 0.149 e. The molecule has 0 aliphatic heterocycles. The van der Waals surface area contributed by atoms with E-state index in [4.69, 9.17) is 5.73 Å². The molecular formula is C8H10F2N2. The average Bonchev–Trinajstić information content (AvgIpc) is 2.03. The van der Waals surface area contributed by atoms with E-state index in [2.05, 4.69) is 5.32 Å². The summed E-state index contributed by atoms with van der Waals surface area (Å²) in [7, 11) is 1.46. The van der Waals surface area contributed by atoms with Gasteiger partial charge in [-0.2, -0.15) is 0 Å². The minimum atomic E-state index is -0.613. The first-order valence-corrected chi connectivity index (χ1v) is 3.54. The van der Waals surface area contributed by atoms with Crippen LogP contribution in [0.5, 0.6) is 0 Å². The van der Waals surface area contributed by atoms with Gasteiger partial charge >= 0.3 is 0 Å². The first-order chi connectivity index (χ1) is 5.69. The lowest BCUT2D eigenvalue weighted by Gasteiger charge is -2.05. The van der Waals surface area contributed by atoms with Crippen LogP contribution in [0.3, 0.4) is 0 Å². The lowest BCUT2D eigenvalue weighted by atomic mass is 10.2. The zero-order valence-electron chi connectivity index (χ0n) is 6.70. The summed E-state index contributed by atoms with van der Waals surface area (Å²) < 4.78 is 25.9. The third-order valence-corrected chi connectivity index (χ3v) is 1.59. The van der Waals surface area contributed by atoms with Crippen molar-refractivity contribution in [2.24, 2.45) is 5.73 Å². The Kier molecular flexibility index (Phi) is 2.60. The van der Waals surface area contributed by atoms with Gasteiger partial charge in [-0.15, -0.1) is 0 Å². The minimum Gasteiger partial charge on any atom is -0.383 e. The maximum Gasteiger partial charge on any atom is 0.149 e. The van der Waals surface area contributed by atoms with Crippen molar-refractivity contribution in [1.29, 1.82) is 0 Å². The van der Waals surface area contributed by atoms with Gasteiger partial charge in [-0.05, 0) is 17.7 Å². The number of hydrogen-bond donors (Lipinski definition) is 2. The number of anilines is 1. The Bertz CT molecular complexity index is 263. The summed E-state index contributed by atoms with van der Waals surface area (Å²) in [5, 5.41) is 2.42. The quantitative estimate of drug-likeness (QED) is 0.708. The predicted molar refractivity (Wildman–Crippen MR) is 43.8 cm³/mol. The highest BCUT2D eigenvalue weighted by Gasteiger charge is 2.07. The standard InChI is InChI=1S/C8H10F2N2/c1-12-8-6(9)2-5(4-11)3-7(8)10/h2-3,12H,4,11H2,1H3. The van der Waals surface area contributed by atoms with Gasteiger partial charge in [-0.3, -0.25) is 0 Å². The molecule has 0 saturated carbocycles. The van der Waals surface area contributed by atoms with Gasteiger partial charge < -0.3 is 11.1 Å². The molecule has 1 aromatic rings. The maximum atomic E-state index is 12.9. The Labute approximate surface area is 69.4 Å². The lowest BCUT2D eigenvalue weighted by Crippen LogP contribution is -2.02. The summed E-state index contributed by atoms with van der Waals surface area (Å²) in [6.07, 6.45) is 0. The number of nitrogens with two attached hydrogens (primary N) is 1. The van der Waals surface area contributed by atoms with Crippen LogP contribution in [0.4, 0.5) is 14.5 Å². The summed E-state index contributed by atoms with van der Waals surface area (Å²) in [5.74, 6) is -1.23. The van der Waals surface area contributed by atoms with Crippen molar-refractivity contribution < 1.29 is 8.78 Å². The van der Waals surface area contributed by atoms with E-state index in [0.29, 0.717) is 5.56 Å². The second kappa shape index (κ2) is 3.49. The Balaban J connectivity index is 3.18. The van der Waals surface area contributed by atoms with Gasteiger partial charge in [0.2, 0.25) is 0 Å². The van der Waals surface area contributed by atoms with E-state index in [9.17, 15) is 8.78 Å². The van der Waals surface area contributed by atoms with Gasteiger partial charge in [-0.25, -0.2) is 8.78 Å². The van der Waals surface area contributed by atoms with Crippen LogP contribution >= 0.6 is 0 Å². The van der Waals surface area contributed by atoms with Gasteiger partial charge in [-0.1, -0.05) is 0 Å². The molecule has 0 bridgehead atoms. The van der Waals surface area contributed by atoms with Crippen molar-refractivity contribution in [3.8, 4) is 0 Å². The van der Waals surface area contributed by atoms with Crippen molar-refractivity contribution in [2.45, 2.75) is 6.54 Å². The van der Waals surface area contributed by atoms with Crippen molar-refractivity contribution >= 4 is 5.69 Å². The van der Waals surface area contributed by atoms with Crippen LogP contribution in [0.1, 0.15) is 5.56 Å². The maximum absolute atomic E-state index is 12.9. The minimum absolute atomic E-state index is 0.118. The molecule has 2 nitrogen and oxygen atoms in total. The molecule has 1 aromatic carbocycles. The van der Waals surface area contributed by atoms with Crippen molar-refractivity contribution in [1.82, 2.24) is 0 Å². The van der Waals surface area contributed by atoms with Gasteiger partial charge in [0.15, 0.2) is 0 Å². The Hall–Kier alpha value is -1.16. The molecule has 1 rings (SSSR count). The number of nitrogens with one attached hydrogen (secondary N) is 1. The van der Waals surface area contributed by atoms with E-state index in [1.807, 2.05) is 0 Å². The van der Waals surface area contributed by atoms with E-state index in [1.165, 1.54) is 19.2 Å². The van der Waals surface area contributed by atoms with E-state index in [0.717, 1.165) is 0 Å². The fourth-order valence-electron chi connectivity index (χ4n) is 0.982. The van der Waals surface area contributed by atoms with E-state index < -0.39 is 11.6 Å². The molecular weight excluding hydrogens is 162 g/mol. The molecule has 0 fully saturated rings. The molecule has 0 saturated heterocycles. The summed E-state index contributed by atoms with van der Waals surface area (Å²) >= 11 is 0. The molecule has 12 heavy (non-hydrogen) atoms. The van der Waals surface area contributed by atoms with Crippen LogP contribution in [0.15, 0.2) is 12.1 Å². The molecule has 4 heteroatoms. The molecule has 66 valence electrons. The molecule has 0 radical (unpaired) electrons. The highest BCUT2D eigenvalue weighted by atomic mass is 19.1. The fraction of sp³-hybridized carbons (Fsp3) is 0.250. The second-order valence-electron chi connectivity index (χ2n) is 2.39. The zero-order valence-corrected chi connectivity index (χ0v) is 6.70. The first kappa shape index (κ1) is 8.93. The van der Waals surface area contributed by atoms with Crippen molar-refractivity contribution in [2.75, 3.05) is 12.4 Å². The second-order valence-corrected chi connectivity index (χ2v) is 2.39. The summed E-state index contributed by atoms with van der Waals surface area (Å²) in [4.78, 5) is 0. The summed E-state index contributed by atoms with van der Waals surface area (Å²) in [5.41, 5.74) is 5.56. The van der Waals surface area contributed by atoms with Crippen LogP contribution < -0.4 is 11.1 Å². The number of benzene rings is 1. The monoisotopic (exact) mass is 172 g/mol. The highest BCUT2D eigenvalue weighted by molar-refractivity contribution is 5.47. The molecule has 0 amide bonds. The molecule has 0 heterocycles. The van der Waals surface area contributed by atoms with Crippen LogP contribution in [0, 0.1) is 11.6 Å². The predicted octanol–water partition coefficient (Wildman–Crippen LogP) is 1.47. The third-order valence-electron chi connectivity index (χ3n) is 1.59. The third kappa shape index (κ3) is 1.53. The molecule has 0 aliphatic carbocycles. The number of rotatable bonds is 2.